The van der Waals surface area contributed by atoms with Gasteiger partial charge in [0.1, 0.15) is 11.6 Å². The second-order valence-electron chi connectivity index (χ2n) is 6.96. The van der Waals surface area contributed by atoms with Crippen LogP contribution in [0.1, 0.15) is 12.5 Å². The van der Waals surface area contributed by atoms with Gasteiger partial charge in [-0.1, -0.05) is 47.5 Å². The van der Waals surface area contributed by atoms with E-state index in [0.29, 0.717) is 21.5 Å². The number of fused-ring (bicyclic) bond motifs is 1. The van der Waals surface area contributed by atoms with Gasteiger partial charge in [-0.2, -0.15) is 0 Å². The molecule has 0 radical (unpaired) electrons. The van der Waals surface area contributed by atoms with Gasteiger partial charge in [0.15, 0.2) is 6.10 Å². The summed E-state index contributed by atoms with van der Waals surface area (Å²) in [6, 6.07) is 18.5. The lowest BCUT2D eigenvalue weighted by Gasteiger charge is -2.17. The van der Waals surface area contributed by atoms with Gasteiger partial charge in [-0.25, -0.2) is 4.98 Å². The number of aromatic nitrogens is 2. The summed E-state index contributed by atoms with van der Waals surface area (Å²) < 4.78 is 5.71. The Morgan fingerprint density at radius 3 is 2.67 bits per heavy atom. The Bertz CT molecular complexity index is 1200. The van der Waals surface area contributed by atoms with E-state index >= 15 is 0 Å². The fourth-order valence-corrected chi connectivity index (χ4v) is 3.50. The molecule has 4 aromatic rings. The van der Waals surface area contributed by atoms with E-state index < -0.39 is 6.10 Å². The number of hydrogen-bond acceptors (Lipinski definition) is 3. The van der Waals surface area contributed by atoms with E-state index in [1.807, 2.05) is 49.4 Å². The molecule has 1 aromatic heterocycles. The average Bonchev–Trinajstić information content (AvgIpc) is 3.16. The molecule has 0 aliphatic heterocycles. The minimum Gasteiger partial charge on any atom is -0.479 e. The molecule has 152 valence electrons. The number of para-hydroxylation sites is 2. The summed E-state index contributed by atoms with van der Waals surface area (Å²) in [7, 11) is 0. The van der Waals surface area contributed by atoms with Crippen molar-refractivity contribution < 1.29 is 9.53 Å². The van der Waals surface area contributed by atoms with Gasteiger partial charge in [0, 0.05) is 16.3 Å². The molecule has 5 nitrogen and oxygen atoms in total. The van der Waals surface area contributed by atoms with Crippen LogP contribution in [0.3, 0.4) is 0 Å². The Morgan fingerprint density at radius 1 is 1.10 bits per heavy atom. The first kappa shape index (κ1) is 20.3. The van der Waals surface area contributed by atoms with Crippen LogP contribution in [-0.2, 0) is 4.79 Å². The van der Waals surface area contributed by atoms with E-state index in [9.17, 15) is 4.79 Å². The zero-order valence-electron chi connectivity index (χ0n) is 16.4. The van der Waals surface area contributed by atoms with Crippen molar-refractivity contribution in [2.45, 2.75) is 20.0 Å². The van der Waals surface area contributed by atoms with Gasteiger partial charge in [0.25, 0.3) is 5.91 Å². The van der Waals surface area contributed by atoms with Crippen LogP contribution >= 0.6 is 23.2 Å². The quantitative estimate of drug-likeness (QED) is 0.386. The third-order valence-corrected chi connectivity index (χ3v) is 5.26. The Hall–Kier alpha value is -3.02. The van der Waals surface area contributed by atoms with Gasteiger partial charge < -0.3 is 15.0 Å². The molecule has 0 fully saturated rings. The van der Waals surface area contributed by atoms with Crippen molar-refractivity contribution in [1.29, 1.82) is 0 Å². The summed E-state index contributed by atoms with van der Waals surface area (Å²) in [6.45, 7) is 3.60. The highest BCUT2D eigenvalue weighted by atomic mass is 35.5. The average molecular weight is 440 g/mol. The number of halogens is 2. The van der Waals surface area contributed by atoms with E-state index in [1.54, 1.807) is 25.1 Å². The molecule has 0 spiro atoms. The van der Waals surface area contributed by atoms with E-state index in [0.717, 1.165) is 28.0 Å². The van der Waals surface area contributed by atoms with Crippen molar-refractivity contribution >= 4 is 45.8 Å². The zero-order valence-corrected chi connectivity index (χ0v) is 17.9. The molecule has 1 amide bonds. The molecule has 0 saturated carbocycles. The first-order chi connectivity index (χ1) is 14.4. The first-order valence-electron chi connectivity index (χ1n) is 9.39. The summed E-state index contributed by atoms with van der Waals surface area (Å²) in [5.74, 6) is 0.853. The van der Waals surface area contributed by atoms with Crippen molar-refractivity contribution in [3.63, 3.8) is 0 Å². The number of rotatable bonds is 5. The van der Waals surface area contributed by atoms with Crippen LogP contribution in [0.15, 0.2) is 60.7 Å². The summed E-state index contributed by atoms with van der Waals surface area (Å²) in [5.41, 5.74) is 4.35. The van der Waals surface area contributed by atoms with Gasteiger partial charge >= 0.3 is 0 Å². The van der Waals surface area contributed by atoms with Gasteiger partial charge in [-0.15, -0.1) is 0 Å². The van der Waals surface area contributed by atoms with Crippen LogP contribution in [0.4, 0.5) is 5.69 Å². The number of aryl methyl sites for hydroxylation is 1. The van der Waals surface area contributed by atoms with Gasteiger partial charge in [0.2, 0.25) is 0 Å². The molecule has 1 unspecified atom stereocenters. The first-order valence-corrected chi connectivity index (χ1v) is 10.1. The highest BCUT2D eigenvalue weighted by Gasteiger charge is 2.18. The zero-order chi connectivity index (χ0) is 21.3. The molecular formula is C23H19Cl2N3O2. The van der Waals surface area contributed by atoms with Gasteiger partial charge in [-0.05, 0) is 55.8 Å². The summed E-state index contributed by atoms with van der Waals surface area (Å²) in [5, 5.41) is 3.78. The number of imidazole rings is 1. The number of amides is 1. The number of carbonyl (C=O) groups excluding carboxylic acids is 1. The van der Waals surface area contributed by atoms with E-state index in [-0.39, 0.29) is 5.91 Å². The molecule has 0 bridgehead atoms. The lowest BCUT2D eigenvalue weighted by molar-refractivity contribution is -0.122. The highest BCUT2D eigenvalue weighted by Crippen LogP contribution is 2.29. The number of nitrogens with zero attached hydrogens (tertiary/aromatic N) is 1. The fourth-order valence-electron chi connectivity index (χ4n) is 3.04. The fraction of sp³-hybridized carbons (Fsp3) is 0.130. The normalized spacial score (nSPS) is 12.0. The largest absolute Gasteiger partial charge is 0.479 e. The summed E-state index contributed by atoms with van der Waals surface area (Å²) in [6.07, 6.45) is -0.752. The van der Waals surface area contributed by atoms with Crippen LogP contribution in [0, 0.1) is 6.92 Å². The van der Waals surface area contributed by atoms with Gasteiger partial charge in [-0.3, -0.25) is 4.79 Å². The summed E-state index contributed by atoms with van der Waals surface area (Å²) >= 11 is 12.0. The van der Waals surface area contributed by atoms with Crippen LogP contribution in [-0.4, -0.2) is 22.0 Å². The maximum atomic E-state index is 12.7. The van der Waals surface area contributed by atoms with Crippen LogP contribution in [0.2, 0.25) is 10.0 Å². The second kappa shape index (κ2) is 8.38. The number of aromatic amines is 1. The number of ether oxygens (including phenoxy) is 1. The summed E-state index contributed by atoms with van der Waals surface area (Å²) in [4.78, 5) is 20.6. The molecule has 4 rings (SSSR count). The highest BCUT2D eigenvalue weighted by molar-refractivity contribution is 6.35. The van der Waals surface area contributed by atoms with Crippen molar-refractivity contribution in [3.05, 3.63) is 76.3 Å². The minimum absolute atomic E-state index is 0.286. The molecule has 0 saturated heterocycles. The molecule has 7 heteroatoms. The molecule has 0 aliphatic rings. The molecule has 3 aromatic carbocycles. The second-order valence-corrected chi connectivity index (χ2v) is 7.80. The third-order valence-electron chi connectivity index (χ3n) is 4.73. The Labute approximate surface area is 184 Å². The Balaban J connectivity index is 1.53. The molecule has 30 heavy (non-hydrogen) atoms. The minimum atomic E-state index is -0.752. The van der Waals surface area contributed by atoms with Crippen LogP contribution in [0.25, 0.3) is 22.4 Å². The number of anilines is 1. The number of H-pyrrole nitrogens is 1. The molecule has 2 N–H and O–H groups in total. The smallest absolute Gasteiger partial charge is 0.265 e. The number of nitrogens with one attached hydrogen (secondary N) is 2. The van der Waals surface area contributed by atoms with Gasteiger partial charge in [0.05, 0.1) is 16.1 Å². The standard InChI is InChI=1S/C23H19Cl2N3O2/c1-13-7-8-15(22-26-18-5-3-4-6-19(18)27-22)11-20(13)28-23(29)14(2)30-21-10-9-16(24)12-17(21)25/h3-12,14H,1-2H3,(H,26,27)(H,28,29). The van der Waals surface area contributed by atoms with E-state index in [2.05, 4.69) is 15.3 Å². The van der Waals surface area contributed by atoms with Crippen molar-refractivity contribution in [2.24, 2.45) is 0 Å². The lowest BCUT2D eigenvalue weighted by atomic mass is 10.1. The Kier molecular flexibility index (Phi) is 5.66. The van der Waals surface area contributed by atoms with E-state index in [1.165, 1.54) is 0 Å². The Morgan fingerprint density at radius 2 is 1.90 bits per heavy atom. The predicted molar refractivity (Wildman–Crippen MR) is 121 cm³/mol. The van der Waals surface area contributed by atoms with Crippen LogP contribution in [0.5, 0.6) is 5.75 Å². The van der Waals surface area contributed by atoms with Crippen molar-refractivity contribution in [1.82, 2.24) is 9.97 Å². The van der Waals surface area contributed by atoms with Crippen molar-refractivity contribution in [3.8, 4) is 17.1 Å². The topological polar surface area (TPSA) is 67.0 Å². The maximum Gasteiger partial charge on any atom is 0.265 e. The maximum absolute atomic E-state index is 12.7. The predicted octanol–water partition coefficient (Wildman–Crippen LogP) is 6.25. The van der Waals surface area contributed by atoms with Crippen molar-refractivity contribution in [2.75, 3.05) is 5.32 Å². The molecule has 1 heterocycles. The lowest BCUT2D eigenvalue weighted by Crippen LogP contribution is -2.30. The van der Waals surface area contributed by atoms with Crippen LogP contribution < -0.4 is 10.1 Å². The number of hydrogen-bond donors (Lipinski definition) is 2. The number of benzene rings is 3. The third kappa shape index (κ3) is 4.27. The van der Waals surface area contributed by atoms with E-state index in [4.69, 9.17) is 27.9 Å². The SMILES string of the molecule is Cc1ccc(-c2nc3ccccc3[nH]2)cc1NC(=O)C(C)Oc1ccc(Cl)cc1Cl. The molecule has 1 atom stereocenters. The molecule has 0 aliphatic carbocycles. The monoisotopic (exact) mass is 439 g/mol. The number of carbonyl (C=O) groups is 1. The molecular weight excluding hydrogens is 421 g/mol.